The minimum absolute atomic E-state index is 0.0307. The second kappa shape index (κ2) is 9.84. The largest absolute Gasteiger partial charge is 0.486 e. The lowest BCUT2D eigenvalue weighted by Gasteiger charge is -2.36. The molecule has 3 aromatic carbocycles. The summed E-state index contributed by atoms with van der Waals surface area (Å²) in [5.41, 5.74) is -0.0527. The van der Waals surface area contributed by atoms with E-state index in [1.54, 1.807) is 24.3 Å². The van der Waals surface area contributed by atoms with Gasteiger partial charge in [-0.2, -0.15) is 13.2 Å². The SMILES string of the molecule is O=C(O)CC[C@H]1CN(S(=O)(=O)c2cccc(C(F)(F)F)c2)c2cc(-c3cccc(Cl)c3)c(Cl)cc2O1. The number of ether oxygens (including phenoxy) is 1. The zero-order chi connectivity index (χ0) is 26.3. The molecule has 190 valence electrons. The van der Waals surface area contributed by atoms with Crippen LogP contribution in [-0.4, -0.2) is 32.1 Å². The number of aliphatic carboxylic acids is 1. The second-order valence-electron chi connectivity index (χ2n) is 8.04. The highest BCUT2D eigenvalue weighted by Gasteiger charge is 2.37. The lowest BCUT2D eigenvalue weighted by Crippen LogP contribution is -2.43. The van der Waals surface area contributed by atoms with Crippen LogP contribution < -0.4 is 9.04 Å². The third-order valence-corrected chi connectivity index (χ3v) is 7.87. The van der Waals surface area contributed by atoms with Crippen LogP contribution in [0.25, 0.3) is 11.1 Å². The summed E-state index contributed by atoms with van der Waals surface area (Å²) in [5, 5.41) is 9.68. The molecule has 0 saturated carbocycles. The molecular weight excluding hydrogens is 542 g/mol. The van der Waals surface area contributed by atoms with Gasteiger partial charge in [-0.05, 0) is 48.4 Å². The van der Waals surface area contributed by atoms with Gasteiger partial charge in [0.25, 0.3) is 10.0 Å². The van der Waals surface area contributed by atoms with Gasteiger partial charge in [0.2, 0.25) is 0 Å². The van der Waals surface area contributed by atoms with Gasteiger partial charge in [-0.3, -0.25) is 9.10 Å². The number of rotatable bonds is 6. The zero-order valence-electron chi connectivity index (χ0n) is 18.3. The van der Waals surface area contributed by atoms with Gasteiger partial charge < -0.3 is 9.84 Å². The number of hydrogen-bond acceptors (Lipinski definition) is 4. The number of carboxylic acids is 1. The predicted molar refractivity (Wildman–Crippen MR) is 129 cm³/mol. The molecule has 0 aromatic heterocycles. The molecule has 0 unspecified atom stereocenters. The van der Waals surface area contributed by atoms with Crippen LogP contribution in [0.2, 0.25) is 10.0 Å². The van der Waals surface area contributed by atoms with Gasteiger partial charge in [0.05, 0.1) is 27.7 Å². The van der Waals surface area contributed by atoms with E-state index < -0.39 is 38.7 Å². The summed E-state index contributed by atoms with van der Waals surface area (Å²) >= 11 is 12.6. The van der Waals surface area contributed by atoms with Crippen LogP contribution in [0.4, 0.5) is 18.9 Å². The van der Waals surface area contributed by atoms with E-state index in [1.807, 2.05) is 0 Å². The summed E-state index contributed by atoms with van der Waals surface area (Å²) in [7, 11) is -4.51. The zero-order valence-corrected chi connectivity index (χ0v) is 20.6. The predicted octanol–water partition coefficient (Wildman–Crippen LogP) is 6.50. The number of hydrogen-bond donors (Lipinski definition) is 1. The standard InChI is InChI=1S/C24H18Cl2F3NO5S/c25-16-5-1-3-14(9-16)19-11-21-22(12-20(19)26)35-17(7-8-23(31)32)13-30(21)36(33,34)18-6-2-4-15(10-18)24(27,28)29/h1-6,9-12,17H,7-8,13H2,(H,31,32)/t17-/m0/s1. The first-order valence-electron chi connectivity index (χ1n) is 10.5. The number of sulfonamides is 1. The van der Waals surface area contributed by atoms with Crippen molar-refractivity contribution in [3.05, 3.63) is 76.3 Å². The van der Waals surface area contributed by atoms with Crippen molar-refractivity contribution in [2.75, 3.05) is 10.8 Å². The molecule has 1 atom stereocenters. The first-order valence-corrected chi connectivity index (χ1v) is 12.7. The Morgan fingerprint density at radius 1 is 1.08 bits per heavy atom. The number of nitrogens with zero attached hydrogens (tertiary/aromatic N) is 1. The van der Waals surface area contributed by atoms with Crippen molar-refractivity contribution in [1.29, 1.82) is 0 Å². The molecule has 1 N–H and O–H groups in total. The Kier molecular flexibility index (Phi) is 7.14. The van der Waals surface area contributed by atoms with E-state index >= 15 is 0 Å². The second-order valence-corrected chi connectivity index (χ2v) is 10.8. The number of carbonyl (C=O) groups is 1. The van der Waals surface area contributed by atoms with Gasteiger partial charge in [0, 0.05) is 23.1 Å². The van der Waals surface area contributed by atoms with Crippen molar-refractivity contribution in [2.24, 2.45) is 0 Å². The number of carboxylic acid groups (broad SMARTS) is 1. The molecule has 4 rings (SSSR count). The van der Waals surface area contributed by atoms with Gasteiger partial charge in [0.15, 0.2) is 0 Å². The maximum absolute atomic E-state index is 13.6. The van der Waals surface area contributed by atoms with E-state index in [0.29, 0.717) is 22.2 Å². The summed E-state index contributed by atoms with van der Waals surface area (Å²) in [6, 6.07) is 12.9. The molecule has 6 nitrogen and oxygen atoms in total. The Morgan fingerprint density at radius 3 is 2.47 bits per heavy atom. The van der Waals surface area contributed by atoms with Gasteiger partial charge in [-0.15, -0.1) is 0 Å². The van der Waals surface area contributed by atoms with E-state index in [1.165, 1.54) is 12.1 Å². The summed E-state index contributed by atoms with van der Waals surface area (Å²) in [6.45, 7) is -0.310. The summed E-state index contributed by atoms with van der Waals surface area (Å²) < 4.78 is 73.9. The van der Waals surface area contributed by atoms with Crippen molar-refractivity contribution < 1.29 is 36.2 Å². The average Bonchev–Trinajstić information content (AvgIpc) is 2.81. The molecule has 0 spiro atoms. The van der Waals surface area contributed by atoms with Gasteiger partial charge in [-0.1, -0.05) is 41.4 Å². The van der Waals surface area contributed by atoms with Crippen LogP contribution in [0.15, 0.2) is 65.6 Å². The number of benzene rings is 3. The monoisotopic (exact) mass is 559 g/mol. The minimum Gasteiger partial charge on any atom is -0.486 e. The molecule has 0 bridgehead atoms. The molecule has 0 fully saturated rings. The molecule has 0 saturated heterocycles. The van der Waals surface area contributed by atoms with Crippen LogP contribution in [0.1, 0.15) is 18.4 Å². The number of halogens is 5. The van der Waals surface area contributed by atoms with Crippen molar-refractivity contribution in [3.63, 3.8) is 0 Å². The maximum Gasteiger partial charge on any atom is 0.416 e. The van der Waals surface area contributed by atoms with E-state index in [9.17, 15) is 26.4 Å². The Bertz CT molecular complexity index is 1430. The van der Waals surface area contributed by atoms with Crippen molar-refractivity contribution in [1.82, 2.24) is 0 Å². The molecule has 1 aliphatic rings. The summed E-state index contributed by atoms with van der Waals surface area (Å²) in [6.07, 6.45) is -5.95. The van der Waals surface area contributed by atoms with Crippen molar-refractivity contribution in [3.8, 4) is 16.9 Å². The Morgan fingerprint density at radius 2 is 1.81 bits per heavy atom. The smallest absolute Gasteiger partial charge is 0.416 e. The summed E-state index contributed by atoms with van der Waals surface area (Å²) in [4.78, 5) is 10.5. The third kappa shape index (κ3) is 5.40. The molecule has 3 aromatic rings. The third-order valence-electron chi connectivity index (χ3n) is 5.55. The fourth-order valence-electron chi connectivity index (χ4n) is 3.83. The van der Waals surface area contributed by atoms with Gasteiger partial charge in [0.1, 0.15) is 11.9 Å². The lowest BCUT2D eigenvalue weighted by atomic mass is 10.0. The maximum atomic E-state index is 13.6. The Labute approximate surface area is 214 Å². The van der Waals surface area contributed by atoms with Crippen LogP contribution in [-0.2, 0) is 21.0 Å². The quantitative estimate of drug-likeness (QED) is 0.372. The van der Waals surface area contributed by atoms with E-state index in [-0.39, 0.29) is 35.8 Å². The molecule has 0 aliphatic carbocycles. The normalized spacial score (nSPS) is 15.8. The molecule has 1 aliphatic heterocycles. The summed E-state index contributed by atoms with van der Waals surface area (Å²) in [5.74, 6) is -1.05. The van der Waals surface area contributed by atoms with Crippen LogP contribution in [0, 0.1) is 0 Å². The highest BCUT2D eigenvalue weighted by atomic mass is 35.5. The number of anilines is 1. The fraction of sp³-hybridized carbons (Fsp3) is 0.208. The van der Waals surface area contributed by atoms with Crippen LogP contribution in [0.3, 0.4) is 0 Å². The van der Waals surface area contributed by atoms with E-state index in [2.05, 4.69) is 0 Å². The fourth-order valence-corrected chi connectivity index (χ4v) is 5.83. The molecule has 1 heterocycles. The molecule has 0 radical (unpaired) electrons. The first-order chi connectivity index (χ1) is 16.9. The highest BCUT2D eigenvalue weighted by molar-refractivity contribution is 7.92. The van der Waals surface area contributed by atoms with Crippen LogP contribution in [0.5, 0.6) is 5.75 Å². The minimum atomic E-state index is -4.74. The molecule has 0 amide bonds. The van der Waals surface area contributed by atoms with Crippen LogP contribution >= 0.6 is 23.2 Å². The van der Waals surface area contributed by atoms with Gasteiger partial charge in [-0.25, -0.2) is 8.42 Å². The molecule has 12 heteroatoms. The van der Waals surface area contributed by atoms with E-state index in [4.69, 9.17) is 33.0 Å². The van der Waals surface area contributed by atoms with E-state index in [0.717, 1.165) is 22.5 Å². The molecular formula is C24H18Cl2F3NO5S. The topological polar surface area (TPSA) is 83.9 Å². The first kappa shape index (κ1) is 26.1. The van der Waals surface area contributed by atoms with Crippen molar-refractivity contribution >= 4 is 44.9 Å². The van der Waals surface area contributed by atoms with Gasteiger partial charge >= 0.3 is 12.1 Å². The van der Waals surface area contributed by atoms with Crippen molar-refractivity contribution in [2.45, 2.75) is 30.0 Å². The molecule has 36 heavy (non-hydrogen) atoms. The average molecular weight is 560 g/mol. The highest BCUT2D eigenvalue weighted by Crippen LogP contribution is 2.44. The number of alkyl halides is 3. The Hall–Kier alpha value is -2.95. The number of fused-ring (bicyclic) bond motifs is 1. The lowest BCUT2D eigenvalue weighted by molar-refractivity contribution is -0.138. The Balaban J connectivity index is 1.85.